The number of hydrogen-bond acceptors (Lipinski definition) is 6. The topological polar surface area (TPSA) is 39.2 Å². The van der Waals surface area contributed by atoms with Crippen LogP contribution in [0.1, 0.15) is 284 Å². The highest BCUT2D eigenvalue weighted by Crippen LogP contribution is 2.60. The van der Waals surface area contributed by atoms with Crippen LogP contribution < -0.4 is 52.4 Å². The van der Waals surface area contributed by atoms with Gasteiger partial charge in [-0.2, -0.15) is 0 Å². The van der Waals surface area contributed by atoms with E-state index in [2.05, 4.69) is 447 Å². The summed E-state index contributed by atoms with van der Waals surface area (Å²) in [5.74, 6) is 2.05. The Kier molecular flexibility index (Phi) is 19.0. The second kappa shape index (κ2) is 29.4. The summed E-state index contributed by atoms with van der Waals surface area (Å²) in [6.45, 7) is 61.5. The van der Waals surface area contributed by atoms with Crippen molar-refractivity contribution in [2.45, 2.75) is 284 Å². The SMILES string of the molecule is Cc1cc2c3c(c1)N(c1ccc4c(c1)C(C)(C)CCC4(C)C)c1oc4cc5c(cc4c1B3c1cc(-c3ccccc3)ccc1N2c1ccc(-c2ccccc2)cc1)C(C)(C)C(CC(C)(C)c1cc2c3c(c1)N(c1ccc4c(c1)C(C)(C)CCC4(C)C)c1oc4cc6c(cc4c1B3c1ccc(-c3ccccc3)cc1N2c1cc(C(C)(C)C)cc(C(C)(C)C)c1)C(C)(C)CCC6(C)C)CC5(C)C. The van der Waals surface area contributed by atoms with Crippen molar-refractivity contribution >= 4 is 137 Å². The first-order chi connectivity index (χ1) is 63.7. The summed E-state index contributed by atoms with van der Waals surface area (Å²) in [7, 11) is 0. The molecule has 23 rings (SSSR count). The van der Waals surface area contributed by atoms with Gasteiger partial charge in [0.05, 0.1) is 0 Å². The maximum atomic E-state index is 8.08. The van der Waals surface area contributed by atoms with Crippen LogP contribution in [-0.2, 0) is 59.6 Å². The number of hydrogen-bond donors (Lipinski definition) is 0. The van der Waals surface area contributed by atoms with Crippen LogP contribution in [-0.4, -0.2) is 13.4 Å². The van der Waals surface area contributed by atoms with Gasteiger partial charge in [-0.15, -0.1) is 0 Å². The van der Waals surface area contributed by atoms with E-state index >= 15 is 0 Å². The zero-order valence-corrected chi connectivity index (χ0v) is 84.7. The Hall–Kier alpha value is -11.7. The normalized spacial score (nSPS) is 19.0. The highest BCUT2D eigenvalue weighted by Gasteiger charge is 2.55. The number of fused-ring (bicyclic) bond motifs is 16. The molecule has 1 atom stereocenters. The Balaban J connectivity index is 0.749. The van der Waals surface area contributed by atoms with Crippen LogP contribution in [0.5, 0.6) is 0 Å². The van der Waals surface area contributed by atoms with Gasteiger partial charge in [0.25, 0.3) is 13.4 Å². The lowest BCUT2D eigenvalue weighted by atomic mass is 9.33. The number of nitrogens with zero attached hydrogens (tertiary/aromatic N) is 4. The highest BCUT2D eigenvalue weighted by molar-refractivity contribution is 7.02. The molecule has 0 spiro atoms. The van der Waals surface area contributed by atoms with Crippen molar-refractivity contribution in [2.24, 2.45) is 5.92 Å². The van der Waals surface area contributed by atoms with Gasteiger partial charge in [-0.05, 0) is 355 Å². The minimum Gasteiger partial charge on any atom is -0.440 e. The van der Waals surface area contributed by atoms with E-state index in [1.54, 1.807) is 0 Å². The molecule has 1 unspecified atom stereocenters. The Morgan fingerprint density at radius 3 is 1.16 bits per heavy atom. The molecule has 0 fully saturated rings. The average Bonchev–Trinajstić information content (AvgIpc) is 1.51. The predicted octanol–water partition coefficient (Wildman–Crippen LogP) is 31.2. The molecule has 6 nitrogen and oxygen atoms in total. The molecule has 4 aliphatic carbocycles. The molecule has 0 saturated carbocycles. The number of furan rings is 2. The van der Waals surface area contributed by atoms with E-state index in [1.807, 2.05) is 0 Å². The lowest BCUT2D eigenvalue weighted by Crippen LogP contribution is -2.61. The monoisotopic (exact) mass is 1770 g/mol. The molecule has 135 heavy (non-hydrogen) atoms. The molecule has 0 radical (unpaired) electrons. The highest BCUT2D eigenvalue weighted by atomic mass is 16.4. The van der Waals surface area contributed by atoms with Crippen molar-refractivity contribution in [1.82, 2.24) is 0 Å². The molecule has 13 aromatic carbocycles. The minimum absolute atomic E-state index is 0.00855. The van der Waals surface area contributed by atoms with Gasteiger partial charge < -0.3 is 18.6 Å². The van der Waals surface area contributed by atoms with Gasteiger partial charge in [-0.25, -0.2) is 0 Å². The molecule has 0 N–H and O–H groups in total. The summed E-state index contributed by atoms with van der Waals surface area (Å²) >= 11 is 0. The van der Waals surface area contributed by atoms with Crippen molar-refractivity contribution in [3.05, 3.63) is 322 Å². The standard InChI is InChI=1S/C127H134B2N4O2/c1-76-59-105-113-106(60-76)132(88-47-49-93-95(68-88)121(12,13)55-53-119(93,8)9)116-112(129(113)102-61-81(78-37-31-27-32-38-78)44-52-103(102)130(105)87-45-41-80(42-46-87)77-35-29-26-30-36-77)92-71-100-99(73-110(92)135-116)126(22,23)75-86(127(100,24)25)74-125(20,21)85-66-107-114-108(67-85)133(89-48-50-94-96(69-89)122(14,15)56-54-120(94,10)11)115-111(91-70-97-98(72-109(91)134-115)124(18,19)58-57-123(97,16)17)128(114)101-51-43-82(79-39-33-28-34-40-79)62-104(101)131(107)90-64-83(117(2,3)4)63-84(65-90)118(5,6)7/h26-52,59-73,86H,53-58,74-75H2,1-25H3. The summed E-state index contributed by atoms with van der Waals surface area (Å²) in [6, 6.07) is 101. The van der Waals surface area contributed by atoms with Crippen LogP contribution in [0, 0.1) is 12.8 Å². The van der Waals surface area contributed by atoms with E-state index in [1.165, 1.54) is 178 Å². The first kappa shape index (κ1) is 87.3. The van der Waals surface area contributed by atoms with E-state index in [9.17, 15) is 0 Å². The van der Waals surface area contributed by atoms with Crippen LogP contribution in [0.25, 0.3) is 55.3 Å². The molecule has 6 heterocycles. The zero-order chi connectivity index (χ0) is 94.4. The van der Waals surface area contributed by atoms with Crippen LogP contribution in [0.15, 0.2) is 264 Å². The Morgan fingerprint density at radius 1 is 0.289 bits per heavy atom. The molecule has 680 valence electrons. The summed E-state index contributed by atoms with van der Waals surface area (Å²) in [4.78, 5) is 10.6. The van der Waals surface area contributed by atoms with Gasteiger partial charge in [0, 0.05) is 78.6 Å². The van der Waals surface area contributed by atoms with Crippen molar-refractivity contribution in [2.75, 3.05) is 19.6 Å². The molecule has 8 heteroatoms. The summed E-state index contributed by atoms with van der Waals surface area (Å²) < 4.78 is 16.1. The molecular weight excluding hydrogens is 1640 g/mol. The molecule has 8 aliphatic rings. The van der Waals surface area contributed by atoms with Crippen LogP contribution in [0.4, 0.5) is 68.6 Å². The Morgan fingerprint density at radius 2 is 0.667 bits per heavy atom. The first-order valence-corrected chi connectivity index (χ1v) is 50.5. The van der Waals surface area contributed by atoms with E-state index in [4.69, 9.17) is 8.83 Å². The number of benzene rings is 13. The van der Waals surface area contributed by atoms with Crippen molar-refractivity contribution in [3.8, 4) is 33.4 Å². The minimum atomic E-state index is -0.428. The van der Waals surface area contributed by atoms with Crippen LogP contribution in [0.3, 0.4) is 0 Å². The zero-order valence-electron chi connectivity index (χ0n) is 84.7. The third kappa shape index (κ3) is 13.6. The van der Waals surface area contributed by atoms with Gasteiger partial charge in [0.2, 0.25) is 11.8 Å². The van der Waals surface area contributed by atoms with Gasteiger partial charge in [0.15, 0.2) is 0 Å². The first-order valence-electron chi connectivity index (χ1n) is 50.5. The van der Waals surface area contributed by atoms with Crippen LogP contribution >= 0.6 is 0 Å². The largest absolute Gasteiger partial charge is 0.440 e. The molecule has 0 amide bonds. The third-order valence-corrected chi connectivity index (χ3v) is 34.9. The number of rotatable bonds is 10. The van der Waals surface area contributed by atoms with Crippen molar-refractivity contribution in [1.29, 1.82) is 0 Å². The third-order valence-electron chi connectivity index (χ3n) is 34.9. The summed E-state index contributed by atoms with van der Waals surface area (Å²) in [6.07, 6.45) is 8.62. The number of anilines is 12. The fourth-order valence-electron chi connectivity index (χ4n) is 26.2. The molecule has 0 bridgehead atoms. The van der Waals surface area contributed by atoms with E-state index < -0.39 is 5.41 Å². The van der Waals surface area contributed by atoms with E-state index in [-0.39, 0.29) is 73.5 Å². The quantitative estimate of drug-likeness (QED) is 0.127. The number of aryl methyl sites for hydroxylation is 1. The van der Waals surface area contributed by atoms with Gasteiger partial charge in [-0.3, -0.25) is 9.80 Å². The average molecular weight is 1770 g/mol. The summed E-state index contributed by atoms with van der Waals surface area (Å²) in [5, 5.41) is 2.40. The van der Waals surface area contributed by atoms with Crippen molar-refractivity contribution in [3.63, 3.8) is 0 Å². The lowest BCUT2D eigenvalue weighted by molar-refractivity contribution is 0.173. The fraction of sp³-hybridized carbons (Fsp3) is 0.354. The van der Waals surface area contributed by atoms with Crippen LogP contribution in [0.2, 0.25) is 0 Å². The maximum absolute atomic E-state index is 8.08. The Bertz CT molecular complexity index is 7420. The van der Waals surface area contributed by atoms with E-state index in [0.29, 0.717) is 0 Å². The van der Waals surface area contributed by atoms with Gasteiger partial charge in [-0.1, -0.05) is 312 Å². The Labute approximate surface area is 804 Å². The van der Waals surface area contributed by atoms with Crippen molar-refractivity contribution < 1.29 is 8.83 Å². The van der Waals surface area contributed by atoms with Gasteiger partial charge >= 0.3 is 0 Å². The molecule has 2 aromatic heterocycles. The maximum Gasteiger partial charge on any atom is 0.257 e. The molecule has 15 aromatic rings. The molecule has 0 saturated heterocycles. The molecular formula is C127H134B2N4O2. The summed E-state index contributed by atoms with van der Waals surface area (Å²) in [5.41, 5.74) is 43.6. The second-order valence-corrected chi connectivity index (χ2v) is 50.1. The lowest BCUT2D eigenvalue weighted by Gasteiger charge is -2.50. The predicted molar refractivity (Wildman–Crippen MR) is 577 cm³/mol. The second-order valence-electron chi connectivity index (χ2n) is 50.1. The smallest absolute Gasteiger partial charge is 0.257 e. The molecule has 4 aliphatic heterocycles. The van der Waals surface area contributed by atoms with Gasteiger partial charge in [0.1, 0.15) is 11.2 Å². The van der Waals surface area contributed by atoms with E-state index in [0.717, 1.165) is 97.1 Å². The fourth-order valence-corrected chi connectivity index (χ4v) is 26.2.